The molecule has 2 aliphatic carbocycles. The van der Waals surface area contributed by atoms with E-state index in [-0.39, 0.29) is 43.4 Å². The number of ether oxygens (including phenoxy) is 1. The number of carbonyl (C=O) groups excluding carboxylic acids is 2. The van der Waals surface area contributed by atoms with Crippen LogP contribution >= 0.6 is 0 Å². The molecule has 1 saturated carbocycles. The monoisotopic (exact) mass is 476 g/mol. The van der Waals surface area contributed by atoms with Crippen LogP contribution in [-0.4, -0.2) is 54.2 Å². The summed E-state index contributed by atoms with van der Waals surface area (Å²) in [5, 5.41) is 12.0. The lowest BCUT2D eigenvalue weighted by Crippen LogP contribution is -2.45. The number of aliphatic carboxylic acids is 1. The molecule has 2 aromatic carbocycles. The third kappa shape index (κ3) is 5.56. The molecule has 0 aliphatic heterocycles. The number of amides is 2. The van der Waals surface area contributed by atoms with Gasteiger partial charge in [0.15, 0.2) is 0 Å². The molecule has 184 valence electrons. The van der Waals surface area contributed by atoms with Gasteiger partial charge in [-0.15, -0.1) is 6.58 Å². The maximum absolute atomic E-state index is 13.1. The first-order chi connectivity index (χ1) is 17.0. The minimum atomic E-state index is -1.05. The van der Waals surface area contributed by atoms with Gasteiger partial charge in [-0.2, -0.15) is 0 Å². The predicted octanol–water partition coefficient (Wildman–Crippen LogP) is 4.43. The summed E-state index contributed by atoms with van der Waals surface area (Å²) >= 11 is 0. The van der Waals surface area contributed by atoms with E-state index in [2.05, 4.69) is 36.2 Å². The Morgan fingerprint density at radius 2 is 1.66 bits per heavy atom. The number of carbonyl (C=O) groups is 3. The minimum absolute atomic E-state index is 0.0133. The Kier molecular flexibility index (Phi) is 7.85. The lowest BCUT2D eigenvalue weighted by atomic mass is 9.78. The lowest BCUT2D eigenvalue weighted by molar-refractivity contribution is -0.147. The van der Waals surface area contributed by atoms with Crippen molar-refractivity contribution in [3.63, 3.8) is 0 Å². The summed E-state index contributed by atoms with van der Waals surface area (Å²) in [4.78, 5) is 38.2. The van der Waals surface area contributed by atoms with Crippen LogP contribution in [0.5, 0.6) is 0 Å². The second kappa shape index (κ2) is 11.2. The predicted molar refractivity (Wildman–Crippen MR) is 133 cm³/mol. The molecule has 2 N–H and O–H groups in total. The van der Waals surface area contributed by atoms with Gasteiger partial charge in [0, 0.05) is 24.9 Å². The van der Waals surface area contributed by atoms with Crippen molar-refractivity contribution in [1.82, 2.24) is 10.2 Å². The van der Waals surface area contributed by atoms with Gasteiger partial charge in [0.05, 0.1) is 0 Å². The van der Waals surface area contributed by atoms with E-state index >= 15 is 0 Å². The van der Waals surface area contributed by atoms with Crippen molar-refractivity contribution >= 4 is 18.0 Å². The van der Waals surface area contributed by atoms with Crippen molar-refractivity contribution in [2.45, 2.75) is 31.6 Å². The summed E-state index contributed by atoms with van der Waals surface area (Å²) in [6, 6.07) is 16.4. The molecular formula is C28H32N2O5. The van der Waals surface area contributed by atoms with Crippen molar-refractivity contribution in [2.75, 3.05) is 26.2 Å². The zero-order valence-electron chi connectivity index (χ0n) is 19.8. The zero-order valence-corrected chi connectivity index (χ0v) is 19.8. The number of hydrogen-bond acceptors (Lipinski definition) is 4. The van der Waals surface area contributed by atoms with Gasteiger partial charge in [0.2, 0.25) is 5.91 Å². The summed E-state index contributed by atoms with van der Waals surface area (Å²) in [6.07, 6.45) is 4.40. The van der Waals surface area contributed by atoms with Crippen molar-refractivity contribution in [1.29, 1.82) is 0 Å². The molecule has 2 atom stereocenters. The number of benzene rings is 2. The molecule has 2 amide bonds. The molecule has 2 aromatic rings. The van der Waals surface area contributed by atoms with Crippen LogP contribution in [0.2, 0.25) is 0 Å². The number of rotatable bonds is 9. The van der Waals surface area contributed by atoms with E-state index in [9.17, 15) is 14.4 Å². The van der Waals surface area contributed by atoms with Crippen LogP contribution in [0.1, 0.15) is 42.7 Å². The molecule has 0 saturated heterocycles. The number of hydrogen-bond donors (Lipinski definition) is 2. The fourth-order valence-electron chi connectivity index (χ4n) is 5.43. The zero-order chi connectivity index (χ0) is 24.8. The maximum Gasteiger partial charge on any atom is 0.407 e. The first-order valence-electron chi connectivity index (χ1n) is 12.2. The average molecular weight is 477 g/mol. The molecule has 2 unspecified atom stereocenters. The van der Waals surface area contributed by atoms with Crippen LogP contribution in [0, 0.1) is 11.8 Å². The SMILES string of the molecule is C=CCN(CC(=O)O)C(=O)C1CCCCC1CNC(=O)OCC1c2ccccc2-c2ccccc21. The van der Waals surface area contributed by atoms with Crippen LogP contribution in [0.4, 0.5) is 4.79 Å². The Bertz CT molecular complexity index is 1050. The Labute approximate surface area is 205 Å². The van der Waals surface area contributed by atoms with Crippen molar-refractivity contribution in [3.8, 4) is 11.1 Å². The largest absolute Gasteiger partial charge is 0.480 e. The van der Waals surface area contributed by atoms with E-state index in [1.165, 1.54) is 22.1 Å². The smallest absolute Gasteiger partial charge is 0.407 e. The molecule has 7 heteroatoms. The van der Waals surface area contributed by atoms with Crippen molar-refractivity contribution in [3.05, 3.63) is 72.3 Å². The molecule has 7 nitrogen and oxygen atoms in total. The molecular weight excluding hydrogens is 444 g/mol. The fraction of sp³-hybridized carbons (Fsp3) is 0.393. The summed E-state index contributed by atoms with van der Waals surface area (Å²) in [5.41, 5.74) is 4.65. The molecule has 4 rings (SSSR count). The van der Waals surface area contributed by atoms with E-state index in [0.717, 1.165) is 30.4 Å². The summed E-state index contributed by atoms with van der Waals surface area (Å²) in [6.45, 7) is 4.03. The van der Waals surface area contributed by atoms with E-state index < -0.39 is 12.1 Å². The quantitative estimate of drug-likeness (QED) is 0.522. The molecule has 1 fully saturated rings. The van der Waals surface area contributed by atoms with E-state index in [1.54, 1.807) is 0 Å². The van der Waals surface area contributed by atoms with Crippen LogP contribution in [-0.2, 0) is 14.3 Å². The second-order valence-corrected chi connectivity index (χ2v) is 9.26. The summed E-state index contributed by atoms with van der Waals surface area (Å²) in [7, 11) is 0. The molecule has 0 heterocycles. The van der Waals surface area contributed by atoms with E-state index in [1.807, 2.05) is 24.3 Å². The molecule has 2 aliphatic rings. The number of nitrogens with zero attached hydrogens (tertiary/aromatic N) is 1. The molecule has 0 spiro atoms. The molecule has 35 heavy (non-hydrogen) atoms. The number of fused-ring (bicyclic) bond motifs is 3. The van der Waals surface area contributed by atoms with Crippen LogP contribution in [0.15, 0.2) is 61.2 Å². The second-order valence-electron chi connectivity index (χ2n) is 9.26. The van der Waals surface area contributed by atoms with Gasteiger partial charge >= 0.3 is 12.1 Å². The van der Waals surface area contributed by atoms with Gasteiger partial charge in [-0.05, 0) is 41.0 Å². The molecule has 0 aromatic heterocycles. The van der Waals surface area contributed by atoms with Gasteiger partial charge in [0.1, 0.15) is 13.2 Å². The number of alkyl carbamates (subject to hydrolysis) is 1. The average Bonchev–Trinajstić information content (AvgIpc) is 3.19. The highest BCUT2D eigenvalue weighted by Crippen LogP contribution is 2.44. The molecule has 0 bridgehead atoms. The Morgan fingerprint density at radius 1 is 1.03 bits per heavy atom. The Balaban J connectivity index is 1.35. The maximum atomic E-state index is 13.1. The lowest BCUT2D eigenvalue weighted by Gasteiger charge is -2.34. The normalized spacial score (nSPS) is 18.7. The van der Waals surface area contributed by atoms with Crippen LogP contribution in [0.25, 0.3) is 11.1 Å². The fourth-order valence-corrected chi connectivity index (χ4v) is 5.43. The minimum Gasteiger partial charge on any atom is -0.480 e. The van der Waals surface area contributed by atoms with Crippen LogP contribution in [0.3, 0.4) is 0 Å². The third-order valence-electron chi connectivity index (χ3n) is 7.07. The van der Waals surface area contributed by atoms with Gasteiger partial charge in [-0.3, -0.25) is 9.59 Å². The highest BCUT2D eigenvalue weighted by molar-refractivity contribution is 5.83. The van der Waals surface area contributed by atoms with Gasteiger partial charge in [0.25, 0.3) is 0 Å². The van der Waals surface area contributed by atoms with Gasteiger partial charge in [-0.25, -0.2) is 4.79 Å². The van der Waals surface area contributed by atoms with Crippen molar-refractivity contribution in [2.24, 2.45) is 11.8 Å². The third-order valence-corrected chi connectivity index (χ3v) is 7.07. The number of carboxylic acid groups (broad SMARTS) is 1. The van der Waals surface area contributed by atoms with E-state index in [0.29, 0.717) is 13.0 Å². The summed E-state index contributed by atoms with van der Waals surface area (Å²) in [5.74, 6) is -1.63. The van der Waals surface area contributed by atoms with Crippen molar-refractivity contribution < 1.29 is 24.2 Å². The van der Waals surface area contributed by atoms with Gasteiger partial charge < -0.3 is 20.1 Å². The first kappa shape index (κ1) is 24.5. The molecule has 0 radical (unpaired) electrons. The number of nitrogens with one attached hydrogen (secondary N) is 1. The van der Waals surface area contributed by atoms with Gasteiger partial charge in [-0.1, -0.05) is 67.4 Å². The Morgan fingerprint density at radius 3 is 2.29 bits per heavy atom. The van der Waals surface area contributed by atoms with Crippen LogP contribution < -0.4 is 5.32 Å². The van der Waals surface area contributed by atoms with E-state index in [4.69, 9.17) is 9.84 Å². The highest BCUT2D eigenvalue weighted by Gasteiger charge is 2.34. The standard InChI is InChI=1S/C28H32N2O5/c1-2-15-30(17-26(31)32)27(33)20-10-4-3-9-19(20)16-29-28(34)35-18-25-23-13-7-5-11-21(23)22-12-6-8-14-24(22)25/h2,5-8,11-14,19-20,25H,1,3-4,9-10,15-18H2,(H,29,34)(H,31,32). The topological polar surface area (TPSA) is 95.9 Å². The Hall–Kier alpha value is -3.61. The number of carboxylic acids is 1. The first-order valence-corrected chi connectivity index (χ1v) is 12.2. The summed E-state index contributed by atoms with van der Waals surface area (Å²) < 4.78 is 5.63. The highest BCUT2D eigenvalue weighted by atomic mass is 16.5.